The summed E-state index contributed by atoms with van der Waals surface area (Å²) in [7, 11) is 1.65. The molecule has 1 aromatic rings. The fourth-order valence-electron chi connectivity index (χ4n) is 2.37. The normalized spacial score (nSPS) is 22.9. The summed E-state index contributed by atoms with van der Waals surface area (Å²) < 4.78 is 5.23. The van der Waals surface area contributed by atoms with Crippen molar-refractivity contribution in [3.05, 3.63) is 29.3 Å². The number of hydrogen-bond acceptors (Lipinski definition) is 3. The largest absolute Gasteiger partial charge is 0.497 e. The van der Waals surface area contributed by atoms with Crippen LogP contribution in [0.2, 0.25) is 0 Å². The third-order valence-corrected chi connectivity index (χ3v) is 3.43. The summed E-state index contributed by atoms with van der Waals surface area (Å²) in [5.41, 5.74) is 1.51. The number of nitrogens with one attached hydrogen (secondary N) is 1. The number of methoxy groups -OCH3 is 1. The lowest BCUT2D eigenvalue weighted by Gasteiger charge is -2.26. The van der Waals surface area contributed by atoms with E-state index in [2.05, 4.69) is 25.2 Å². The molecule has 1 unspecified atom stereocenters. The van der Waals surface area contributed by atoms with Crippen molar-refractivity contribution in [2.75, 3.05) is 13.7 Å². The minimum atomic E-state index is -0.742. The van der Waals surface area contributed by atoms with Gasteiger partial charge in [-0.2, -0.15) is 0 Å². The van der Waals surface area contributed by atoms with Crippen LogP contribution in [0.25, 0.3) is 0 Å². The molecule has 2 N–H and O–H groups in total. The zero-order valence-electron chi connectivity index (χ0n) is 10.8. The zero-order chi connectivity index (χ0) is 12.5. The van der Waals surface area contributed by atoms with Gasteiger partial charge in [0.2, 0.25) is 0 Å². The number of rotatable bonds is 4. The van der Waals surface area contributed by atoms with Gasteiger partial charge in [0.05, 0.1) is 7.11 Å². The fourth-order valence-corrected chi connectivity index (χ4v) is 2.37. The lowest BCUT2D eigenvalue weighted by molar-refractivity contribution is 0.0367. The van der Waals surface area contributed by atoms with Crippen molar-refractivity contribution in [2.45, 2.75) is 38.3 Å². The second-order valence-electron chi connectivity index (χ2n) is 5.09. The molecule has 0 aromatic heterocycles. The number of hydrogen-bond donors (Lipinski definition) is 2. The van der Waals surface area contributed by atoms with Gasteiger partial charge in [-0.3, -0.25) is 0 Å². The van der Waals surface area contributed by atoms with Crippen molar-refractivity contribution in [3.8, 4) is 5.75 Å². The minimum Gasteiger partial charge on any atom is -0.497 e. The molecule has 0 heterocycles. The Kier molecular flexibility index (Phi) is 3.40. The molecule has 1 aliphatic rings. The average Bonchev–Trinajstić information content (AvgIpc) is 2.65. The molecule has 1 aliphatic carbocycles. The van der Waals surface area contributed by atoms with Crippen LogP contribution in [-0.2, 0) is 12.0 Å². The topological polar surface area (TPSA) is 41.5 Å². The van der Waals surface area contributed by atoms with Gasteiger partial charge in [-0.05, 0) is 36.1 Å². The van der Waals surface area contributed by atoms with Crippen molar-refractivity contribution in [1.29, 1.82) is 0 Å². The second-order valence-corrected chi connectivity index (χ2v) is 5.09. The summed E-state index contributed by atoms with van der Waals surface area (Å²) in [6.07, 6.45) is 1.73. The van der Waals surface area contributed by atoms with Gasteiger partial charge in [0.1, 0.15) is 11.4 Å². The first kappa shape index (κ1) is 12.4. The van der Waals surface area contributed by atoms with Crippen LogP contribution in [0.5, 0.6) is 5.75 Å². The molecule has 17 heavy (non-hydrogen) atoms. The average molecular weight is 235 g/mol. The molecule has 2 rings (SSSR count). The fraction of sp³-hybridized carbons (Fsp3) is 0.571. The summed E-state index contributed by atoms with van der Waals surface area (Å²) in [5, 5.41) is 14.0. The number of ether oxygens (including phenoxy) is 1. The van der Waals surface area contributed by atoms with Crippen LogP contribution in [0.15, 0.2) is 18.2 Å². The van der Waals surface area contributed by atoms with Crippen molar-refractivity contribution in [2.24, 2.45) is 0 Å². The lowest BCUT2D eigenvalue weighted by Crippen LogP contribution is -2.39. The summed E-state index contributed by atoms with van der Waals surface area (Å²) >= 11 is 0. The molecule has 0 bridgehead atoms. The van der Waals surface area contributed by atoms with Crippen LogP contribution in [-0.4, -0.2) is 24.8 Å². The Hall–Kier alpha value is -1.06. The molecule has 0 amide bonds. The van der Waals surface area contributed by atoms with E-state index in [0.29, 0.717) is 12.6 Å². The van der Waals surface area contributed by atoms with E-state index >= 15 is 0 Å². The highest BCUT2D eigenvalue weighted by atomic mass is 16.5. The molecular formula is C14H21NO2. The quantitative estimate of drug-likeness (QED) is 0.836. The van der Waals surface area contributed by atoms with Crippen LogP contribution in [0.4, 0.5) is 0 Å². The predicted molar refractivity (Wildman–Crippen MR) is 68.4 cm³/mol. The number of benzene rings is 1. The number of aryl methyl sites for hydroxylation is 1. The molecule has 94 valence electrons. The van der Waals surface area contributed by atoms with E-state index in [1.165, 1.54) is 5.56 Å². The van der Waals surface area contributed by atoms with E-state index in [4.69, 9.17) is 4.74 Å². The van der Waals surface area contributed by atoms with Crippen molar-refractivity contribution < 1.29 is 9.84 Å². The Morgan fingerprint density at radius 2 is 2.24 bits per heavy atom. The van der Waals surface area contributed by atoms with E-state index in [0.717, 1.165) is 24.2 Å². The maximum Gasteiger partial charge on any atom is 0.119 e. The molecule has 1 aromatic carbocycles. The molecule has 0 saturated heterocycles. The van der Waals surface area contributed by atoms with E-state index in [-0.39, 0.29) is 0 Å². The first-order valence-electron chi connectivity index (χ1n) is 6.18. The molecule has 3 nitrogen and oxygen atoms in total. The van der Waals surface area contributed by atoms with Gasteiger partial charge in [-0.15, -0.1) is 0 Å². The van der Waals surface area contributed by atoms with Crippen LogP contribution in [0, 0.1) is 0 Å². The van der Waals surface area contributed by atoms with Gasteiger partial charge >= 0.3 is 0 Å². The molecule has 0 radical (unpaired) electrons. The molecule has 0 aliphatic heterocycles. The van der Waals surface area contributed by atoms with Crippen molar-refractivity contribution in [3.63, 3.8) is 0 Å². The van der Waals surface area contributed by atoms with Gasteiger partial charge in [0.25, 0.3) is 0 Å². The van der Waals surface area contributed by atoms with Gasteiger partial charge in [-0.25, -0.2) is 0 Å². The Bertz CT molecular complexity index is 403. The minimum absolute atomic E-state index is 0.383. The Balaban J connectivity index is 2.24. The number of fused-ring (bicyclic) bond motifs is 1. The SMILES string of the molecule is COc1ccc2c(c1)C(O)(CNC(C)C)CC2. The number of aliphatic hydroxyl groups is 1. The summed E-state index contributed by atoms with van der Waals surface area (Å²) in [6, 6.07) is 6.36. The van der Waals surface area contributed by atoms with Gasteiger partial charge < -0.3 is 15.2 Å². The monoisotopic (exact) mass is 235 g/mol. The molecule has 0 saturated carbocycles. The second kappa shape index (κ2) is 4.67. The van der Waals surface area contributed by atoms with E-state index < -0.39 is 5.60 Å². The zero-order valence-corrected chi connectivity index (χ0v) is 10.8. The van der Waals surface area contributed by atoms with E-state index in [1.807, 2.05) is 12.1 Å². The van der Waals surface area contributed by atoms with Crippen LogP contribution < -0.4 is 10.1 Å². The maximum absolute atomic E-state index is 10.7. The molecule has 3 heteroatoms. The van der Waals surface area contributed by atoms with Crippen LogP contribution in [0.1, 0.15) is 31.4 Å². The summed E-state index contributed by atoms with van der Waals surface area (Å²) in [5.74, 6) is 0.814. The third kappa shape index (κ3) is 2.45. The van der Waals surface area contributed by atoms with Crippen molar-refractivity contribution in [1.82, 2.24) is 5.32 Å². The summed E-state index contributed by atoms with van der Waals surface area (Å²) in [4.78, 5) is 0. The smallest absolute Gasteiger partial charge is 0.119 e. The first-order valence-corrected chi connectivity index (χ1v) is 6.18. The molecule has 0 spiro atoms. The highest BCUT2D eigenvalue weighted by molar-refractivity contribution is 5.43. The van der Waals surface area contributed by atoms with Gasteiger partial charge in [0.15, 0.2) is 0 Å². The Morgan fingerprint density at radius 3 is 2.88 bits per heavy atom. The molecular weight excluding hydrogens is 214 g/mol. The van der Waals surface area contributed by atoms with E-state index in [1.54, 1.807) is 7.11 Å². The Morgan fingerprint density at radius 1 is 1.47 bits per heavy atom. The summed E-state index contributed by atoms with van der Waals surface area (Å²) in [6.45, 7) is 4.78. The highest BCUT2D eigenvalue weighted by Crippen LogP contribution is 2.38. The van der Waals surface area contributed by atoms with Crippen molar-refractivity contribution >= 4 is 0 Å². The van der Waals surface area contributed by atoms with Gasteiger partial charge in [-0.1, -0.05) is 19.9 Å². The van der Waals surface area contributed by atoms with Crippen LogP contribution >= 0.6 is 0 Å². The standard InChI is InChI=1S/C14H21NO2/c1-10(2)15-9-14(16)7-6-11-4-5-12(17-3)8-13(11)14/h4-5,8,10,15-16H,6-7,9H2,1-3H3. The molecule has 1 atom stereocenters. The van der Waals surface area contributed by atoms with Crippen LogP contribution in [0.3, 0.4) is 0 Å². The predicted octanol–water partition coefficient (Wildman–Crippen LogP) is 1.83. The Labute approximate surface area is 103 Å². The third-order valence-electron chi connectivity index (χ3n) is 3.43. The molecule has 0 fully saturated rings. The van der Waals surface area contributed by atoms with E-state index in [9.17, 15) is 5.11 Å². The highest BCUT2D eigenvalue weighted by Gasteiger charge is 2.36. The maximum atomic E-state index is 10.7. The first-order chi connectivity index (χ1) is 8.05. The van der Waals surface area contributed by atoms with Gasteiger partial charge in [0, 0.05) is 12.6 Å². The lowest BCUT2D eigenvalue weighted by atomic mass is 9.95.